The fourth-order valence-corrected chi connectivity index (χ4v) is 2.53. The lowest BCUT2D eigenvalue weighted by Crippen LogP contribution is -2.43. The van der Waals surface area contributed by atoms with Crippen LogP contribution in [0, 0.1) is 0 Å². The van der Waals surface area contributed by atoms with Crippen molar-refractivity contribution in [3.05, 3.63) is 29.8 Å². The molecule has 1 aromatic carbocycles. The summed E-state index contributed by atoms with van der Waals surface area (Å²) in [4.78, 5) is 10.9. The maximum absolute atomic E-state index is 10.9. The predicted octanol–water partition coefficient (Wildman–Crippen LogP) is 2.43. The Morgan fingerprint density at radius 1 is 1.25 bits per heavy atom. The van der Waals surface area contributed by atoms with E-state index in [9.17, 15) is 4.79 Å². The Kier molecular flexibility index (Phi) is 4.99. The molecule has 1 rings (SSSR count). The molecule has 0 bridgehead atoms. The van der Waals surface area contributed by atoms with Gasteiger partial charge >= 0.3 is 0 Å². The maximum Gasteiger partial charge on any atom is 0.250 e. The van der Waals surface area contributed by atoms with Gasteiger partial charge in [-0.05, 0) is 42.2 Å². The highest BCUT2D eigenvalue weighted by molar-refractivity contribution is 6.74. The number of nitrogens with two attached hydrogens (primary N) is 2. The monoisotopic (exact) mass is 294 g/mol. The van der Waals surface area contributed by atoms with Gasteiger partial charge in [0.15, 0.2) is 0 Å². The zero-order valence-electron chi connectivity index (χ0n) is 13.1. The van der Waals surface area contributed by atoms with Gasteiger partial charge in [-0.2, -0.15) is 0 Å². The standard InChI is InChI=1S/C15H26N2O2Si/c1-15(2,3)20(4,5)19-12-8-6-11(7-9-12)10-13(16)14(17)18/h6-9,13H,10,16H2,1-5H3,(H2,17,18)/t13-/m0/s1. The van der Waals surface area contributed by atoms with Crippen molar-refractivity contribution in [3.8, 4) is 5.75 Å². The van der Waals surface area contributed by atoms with Gasteiger partial charge in [0.25, 0.3) is 0 Å². The number of amides is 1. The third kappa shape index (κ3) is 4.35. The lowest BCUT2D eigenvalue weighted by atomic mass is 10.1. The largest absolute Gasteiger partial charge is 0.544 e. The molecule has 5 heteroatoms. The van der Waals surface area contributed by atoms with Gasteiger partial charge in [-0.25, -0.2) is 0 Å². The average Bonchev–Trinajstić information content (AvgIpc) is 2.29. The first-order valence-corrected chi connectivity index (χ1v) is 9.76. The van der Waals surface area contributed by atoms with E-state index in [-0.39, 0.29) is 5.04 Å². The third-order valence-electron chi connectivity index (χ3n) is 3.92. The Labute approximate surface area is 122 Å². The van der Waals surface area contributed by atoms with Crippen molar-refractivity contribution in [2.45, 2.75) is 51.4 Å². The van der Waals surface area contributed by atoms with E-state index in [1.54, 1.807) is 0 Å². The molecule has 0 unspecified atom stereocenters. The average molecular weight is 294 g/mol. The molecule has 0 spiro atoms. The lowest BCUT2D eigenvalue weighted by Gasteiger charge is -2.36. The summed E-state index contributed by atoms with van der Waals surface area (Å²) in [5.74, 6) is 0.389. The molecule has 1 atom stereocenters. The summed E-state index contributed by atoms with van der Waals surface area (Å²) in [6.07, 6.45) is 0.454. The van der Waals surface area contributed by atoms with Crippen molar-refractivity contribution in [3.63, 3.8) is 0 Å². The van der Waals surface area contributed by atoms with Gasteiger partial charge < -0.3 is 15.9 Å². The summed E-state index contributed by atoms with van der Waals surface area (Å²) in [5, 5.41) is 0.167. The van der Waals surface area contributed by atoms with E-state index in [0.717, 1.165) is 11.3 Å². The van der Waals surface area contributed by atoms with E-state index in [1.807, 2.05) is 24.3 Å². The molecule has 1 amide bonds. The highest BCUT2D eigenvalue weighted by Crippen LogP contribution is 2.37. The Morgan fingerprint density at radius 2 is 1.75 bits per heavy atom. The van der Waals surface area contributed by atoms with Crippen LogP contribution in [0.2, 0.25) is 18.1 Å². The van der Waals surface area contributed by atoms with Gasteiger partial charge in [-0.1, -0.05) is 32.9 Å². The van der Waals surface area contributed by atoms with Crippen LogP contribution < -0.4 is 15.9 Å². The van der Waals surface area contributed by atoms with E-state index in [2.05, 4.69) is 33.9 Å². The molecule has 112 valence electrons. The molecule has 4 N–H and O–H groups in total. The van der Waals surface area contributed by atoms with E-state index < -0.39 is 20.3 Å². The Morgan fingerprint density at radius 3 is 2.15 bits per heavy atom. The Hall–Kier alpha value is -1.33. The SMILES string of the molecule is CC(C)(C)[Si](C)(C)Oc1ccc(C[C@H](N)C(N)=O)cc1. The molecule has 0 heterocycles. The van der Waals surface area contributed by atoms with E-state index in [0.29, 0.717) is 6.42 Å². The molecule has 4 nitrogen and oxygen atoms in total. The molecule has 0 aliphatic rings. The zero-order chi connectivity index (χ0) is 15.6. The fourth-order valence-electron chi connectivity index (χ4n) is 1.50. The summed E-state index contributed by atoms with van der Waals surface area (Å²) < 4.78 is 6.19. The number of carbonyl (C=O) groups is 1. The molecule has 0 fully saturated rings. The summed E-state index contributed by atoms with van der Waals surface area (Å²) >= 11 is 0. The molecule has 0 aromatic heterocycles. The number of primary amides is 1. The number of hydrogen-bond acceptors (Lipinski definition) is 3. The van der Waals surface area contributed by atoms with Crippen LogP contribution >= 0.6 is 0 Å². The van der Waals surface area contributed by atoms with Crippen LogP contribution in [-0.2, 0) is 11.2 Å². The van der Waals surface area contributed by atoms with E-state index in [1.165, 1.54) is 0 Å². The van der Waals surface area contributed by atoms with Gasteiger partial charge in [0.1, 0.15) is 5.75 Å². The van der Waals surface area contributed by atoms with Crippen molar-refractivity contribution in [2.24, 2.45) is 11.5 Å². The first-order chi connectivity index (χ1) is 9.03. The topological polar surface area (TPSA) is 78.3 Å². The second kappa shape index (κ2) is 5.97. The molecule has 0 aliphatic heterocycles. The van der Waals surface area contributed by atoms with Crippen molar-refractivity contribution in [1.82, 2.24) is 0 Å². The molecule has 20 heavy (non-hydrogen) atoms. The smallest absolute Gasteiger partial charge is 0.250 e. The molecule has 0 saturated carbocycles. The van der Waals surface area contributed by atoms with Gasteiger partial charge in [0, 0.05) is 0 Å². The van der Waals surface area contributed by atoms with Crippen LogP contribution in [0.15, 0.2) is 24.3 Å². The van der Waals surface area contributed by atoms with Crippen LogP contribution in [-0.4, -0.2) is 20.3 Å². The molecular weight excluding hydrogens is 268 g/mol. The molecule has 1 aromatic rings. The van der Waals surface area contributed by atoms with Crippen molar-refractivity contribution >= 4 is 14.2 Å². The normalized spacial score (nSPS) is 13.9. The third-order valence-corrected chi connectivity index (χ3v) is 8.28. The first kappa shape index (κ1) is 16.7. The van der Waals surface area contributed by atoms with Crippen LogP contribution in [0.25, 0.3) is 0 Å². The number of benzene rings is 1. The summed E-state index contributed by atoms with van der Waals surface area (Å²) in [5.41, 5.74) is 11.8. The summed E-state index contributed by atoms with van der Waals surface area (Å²) in [6, 6.07) is 7.10. The van der Waals surface area contributed by atoms with Gasteiger partial charge in [-0.3, -0.25) is 4.79 Å². The van der Waals surface area contributed by atoms with Gasteiger partial charge in [0.2, 0.25) is 14.2 Å². The minimum absolute atomic E-state index is 0.167. The second-order valence-corrected chi connectivity index (χ2v) is 11.4. The highest BCUT2D eigenvalue weighted by atomic mass is 28.4. The summed E-state index contributed by atoms with van der Waals surface area (Å²) in [7, 11) is -1.81. The van der Waals surface area contributed by atoms with E-state index >= 15 is 0 Å². The fraction of sp³-hybridized carbons (Fsp3) is 0.533. The lowest BCUT2D eigenvalue weighted by molar-refractivity contribution is -0.119. The quantitative estimate of drug-likeness (QED) is 0.819. The Bertz CT molecular complexity index is 464. The van der Waals surface area contributed by atoms with Crippen LogP contribution in [0.3, 0.4) is 0 Å². The predicted molar refractivity (Wildman–Crippen MR) is 85.1 cm³/mol. The van der Waals surface area contributed by atoms with Crippen molar-refractivity contribution < 1.29 is 9.22 Å². The van der Waals surface area contributed by atoms with Crippen LogP contribution in [0.1, 0.15) is 26.3 Å². The second-order valence-electron chi connectivity index (χ2n) is 6.72. The highest BCUT2D eigenvalue weighted by Gasteiger charge is 2.38. The minimum atomic E-state index is -1.81. The zero-order valence-corrected chi connectivity index (χ0v) is 14.1. The van der Waals surface area contributed by atoms with Crippen molar-refractivity contribution in [1.29, 1.82) is 0 Å². The first-order valence-electron chi connectivity index (χ1n) is 6.86. The van der Waals surface area contributed by atoms with Gasteiger partial charge in [0.05, 0.1) is 6.04 Å². The molecule has 0 saturated heterocycles. The summed E-state index contributed by atoms with van der Waals surface area (Å²) in [6.45, 7) is 11.0. The van der Waals surface area contributed by atoms with Crippen LogP contribution in [0.4, 0.5) is 0 Å². The maximum atomic E-state index is 10.9. The number of hydrogen-bond donors (Lipinski definition) is 2. The van der Waals surface area contributed by atoms with Crippen LogP contribution in [0.5, 0.6) is 5.75 Å². The molecule has 0 radical (unpaired) electrons. The Balaban J connectivity index is 2.75. The number of carbonyl (C=O) groups excluding carboxylic acids is 1. The minimum Gasteiger partial charge on any atom is -0.544 e. The number of rotatable bonds is 5. The van der Waals surface area contributed by atoms with Gasteiger partial charge in [-0.15, -0.1) is 0 Å². The van der Waals surface area contributed by atoms with E-state index in [4.69, 9.17) is 15.9 Å². The van der Waals surface area contributed by atoms with Crippen molar-refractivity contribution in [2.75, 3.05) is 0 Å². The molecular formula is C15H26N2O2Si. The molecule has 0 aliphatic carbocycles.